The maximum atomic E-state index is 12.2. The number of nitrogens with one attached hydrogen (secondary N) is 3. The Hall–Kier alpha value is -2.32. The first-order valence-corrected chi connectivity index (χ1v) is 12.1. The molecular weight excluding hydrogens is 465 g/mol. The van der Waals surface area contributed by atoms with E-state index in [0.717, 1.165) is 30.8 Å². The van der Waals surface area contributed by atoms with Crippen molar-refractivity contribution in [1.82, 2.24) is 30.2 Å². The summed E-state index contributed by atoms with van der Waals surface area (Å²) in [6, 6.07) is 0. The molecule has 190 valence electrons. The summed E-state index contributed by atoms with van der Waals surface area (Å²) in [5.41, 5.74) is -2.50. The van der Waals surface area contributed by atoms with Gasteiger partial charge < -0.3 is 19.1 Å². The number of aromatic amines is 3. The quantitative estimate of drug-likeness (QED) is 0.429. The van der Waals surface area contributed by atoms with Crippen LogP contribution in [0.5, 0.6) is 5.88 Å². The second-order valence-electron chi connectivity index (χ2n) is 6.98. The van der Waals surface area contributed by atoms with Gasteiger partial charge in [0.05, 0.1) is 11.1 Å². The topological polar surface area (TPSA) is 127 Å². The predicted molar refractivity (Wildman–Crippen MR) is 118 cm³/mol. The summed E-state index contributed by atoms with van der Waals surface area (Å²) in [4.78, 5) is 15.1. The maximum absolute atomic E-state index is 12.2. The van der Waals surface area contributed by atoms with Crippen LogP contribution < -0.4 is 9.74 Å². The normalized spacial score (nSPS) is 16.0. The van der Waals surface area contributed by atoms with E-state index in [-0.39, 0.29) is 12.1 Å². The molecule has 10 nitrogen and oxygen atoms in total. The fourth-order valence-electron chi connectivity index (χ4n) is 3.08. The van der Waals surface area contributed by atoms with E-state index in [4.69, 9.17) is 0 Å². The molecule has 0 amide bonds. The Morgan fingerprint density at radius 1 is 0.909 bits per heavy atom. The minimum atomic E-state index is -5.67. The number of halogens is 3. The lowest BCUT2D eigenvalue weighted by Gasteiger charge is -2.21. The number of nitrogens with zero attached hydrogens (tertiary/aromatic N) is 3. The molecule has 2 aliphatic heterocycles. The highest BCUT2D eigenvalue weighted by Crippen LogP contribution is 2.30. The van der Waals surface area contributed by atoms with Crippen LogP contribution in [0.3, 0.4) is 0 Å². The van der Waals surface area contributed by atoms with Crippen molar-refractivity contribution >= 4 is 10.1 Å². The van der Waals surface area contributed by atoms with Crippen molar-refractivity contribution in [3.05, 3.63) is 32.9 Å². The van der Waals surface area contributed by atoms with Gasteiger partial charge in [0.15, 0.2) is 0 Å². The summed E-state index contributed by atoms with van der Waals surface area (Å²) in [7, 11) is -1.89. The standard InChI is InChI=1S/C8H10F3N3O3S.C7H11N3O.2C2H6/c1-14-3-2-6-5(4-14)7(13-12-6)17-18(15,16)8(9,10)11;1-10-3-2-6-5(4-10)7(11)9-8-6;2*1-2/h2-4H2,1H3,(H,12,13);2-4H2,1H3,(H2,8,9,11);2*1-2H3. The predicted octanol–water partition coefficient (Wildman–Crippen LogP) is 2.37. The zero-order valence-electron chi connectivity index (χ0n) is 19.8. The molecule has 0 unspecified atom stereocenters. The van der Waals surface area contributed by atoms with E-state index < -0.39 is 21.5 Å². The number of aromatic nitrogens is 4. The summed E-state index contributed by atoms with van der Waals surface area (Å²) >= 11 is 0. The number of H-pyrrole nitrogens is 3. The van der Waals surface area contributed by atoms with Gasteiger partial charge in [-0.3, -0.25) is 15.0 Å². The van der Waals surface area contributed by atoms with Gasteiger partial charge in [-0.25, -0.2) is 0 Å². The summed E-state index contributed by atoms with van der Waals surface area (Å²) in [6.07, 6.45) is 1.50. The van der Waals surface area contributed by atoms with Gasteiger partial charge in [0.25, 0.3) is 11.4 Å². The van der Waals surface area contributed by atoms with E-state index in [9.17, 15) is 26.4 Å². The average molecular weight is 499 g/mol. The minimum Gasteiger partial charge on any atom is -0.353 e. The fraction of sp³-hybridized carbons (Fsp3) is 0.684. The molecule has 0 aromatic carbocycles. The zero-order chi connectivity index (χ0) is 25.4. The number of hydrogen-bond donors (Lipinski definition) is 3. The van der Waals surface area contributed by atoms with Gasteiger partial charge in [0, 0.05) is 50.4 Å². The molecule has 0 aliphatic carbocycles. The van der Waals surface area contributed by atoms with Crippen LogP contribution in [-0.2, 0) is 36.0 Å². The summed E-state index contributed by atoms with van der Waals surface area (Å²) < 4.78 is 62.3. The molecule has 2 aromatic rings. The third-order valence-electron chi connectivity index (χ3n) is 4.70. The highest BCUT2D eigenvalue weighted by Gasteiger charge is 2.49. The van der Waals surface area contributed by atoms with E-state index in [1.807, 2.05) is 39.6 Å². The first kappa shape index (κ1) is 28.7. The Kier molecular flexibility index (Phi) is 10.6. The van der Waals surface area contributed by atoms with Crippen LogP contribution in [0.2, 0.25) is 0 Å². The van der Waals surface area contributed by atoms with Crippen molar-refractivity contribution in [3.63, 3.8) is 0 Å². The van der Waals surface area contributed by atoms with E-state index >= 15 is 0 Å². The number of fused-ring (bicyclic) bond motifs is 2. The molecule has 0 saturated heterocycles. The molecule has 2 aromatic heterocycles. The molecule has 4 rings (SSSR count). The van der Waals surface area contributed by atoms with Crippen molar-refractivity contribution in [2.24, 2.45) is 0 Å². The van der Waals surface area contributed by atoms with Crippen molar-refractivity contribution in [3.8, 4) is 5.88 Å². The van der Waals surface area contributed by atoms with Crippen LogP contribution in [-0.4, -0.2) is 71.3 Å². The first-order chi connectivity index (χ1) is 15.5. The lowest BCUT2D eigenvalue weighted by atomic mass is 10.1. The summed E-state index contributed by atoms with van der Waals surface area (Å²) in [5.74, 6) is -0.533. The molecule has 0 atom stereocenters. The Morgan fingerprint density at radius 3 is 1.97 bits per heavy atom. The smallest absolute Gasteiger partial charge is 0.353 e. The van der Waals surface area contributed by atoms with Gasteiger partial charge in [-0.2, -0.15) is 21.6 Å². The highest BCUT2D eigenvalue weighted by molar-refractivity contribution is 7.87. The van der Waals surface area contributed by atoms with E-state index in [1.54, 1.807) is 7.05 Å². The van der Waals surface area contributed by atoms with E-state index in [2.05, 4.69) is 29.5 Å². The molecule has 4 heterocycles. The van der Waals surface area contributed by atoms with Crippen LogP contribution in [0.4, 0.5) is 13.2 Å². The van der Waals surface area contributed by atoms with Gasteiger partial charge in [0.2, 0.25) is 0 Å². The minimum absolute atomic E-state index is 0.0338. The molecule has 0 bridgehead atoms. The maximum Gasteiger partial charge on any atom is 0.534 e. The van der Waals surface area contributed by atoms with Gasteiger partial charge in [-0.05, 0) is 14.1 Å². The number of rotatable bonds is 2. The van der Waals surface area contributed by atoms with Crippen molar-refractivity contribution in [1.29, 1.82) is 0 Å². The average Bonchev–Trinajstić information content (AvgIpc) is 3.33. The van der Waals surface area contributed by atoms with Crippen LogP contribution in [0.15, 0.2) is 4.79 Å². The number of hydrogen-bond acceptors (Lipinski definition) is 7. The molecular formula is C19H33F3N6O4S. The number of likely N-dealkylation sites (N-methyl/N-ethyl adjacent to an activating group) is 2. The lowest BCUT2D eigenvalue weighted by molar-refractivity contribution is -0.0501. The van der Waals surface area contributed by atoms with Gasteiger partial charge in [-0.15, -0.1) is 5.10 Å². The van der Waals surface area contributed by atoms with Gasteiger partial charge in [0.1, 0.15) is 0 Å². The van der Waals surface area contributed by atoms with Crippen LogP contribution in [0.1, 0.15) is 50.2 Å². The second-order valence-corrected chi connectivity index (χ2v) is 8.52. The van der Waals surface area contributed by atoms with Crippen molar-refractivity contribution in [2.45, 2.75) is 59.1 Å². The molecule has 0 saturated carbocycles. The third kappa shape index (κ3) is 7.33. The molecule has 14 heteroatoms. The fourth-order valence-corrected chi connectivity index (χ4v) is 3.52. The Morgan fingerprint density at radius 2 is 1.42 bits per heavy atom. The molecule has 33 heavy (non-hydrogen) atoms. The first-order valence-electron chi connectivity index (χ1n) is 10.7. The van der Waals surface area contributed by atoms with Crippen LogP contribution in [0.25, 0.3) is 0 Å². The Labute approximate surface area is 191 Å². The Bertz CT molecular complexity index is 1030. The molecule has 3 N–H and O–H groups in total. The molecule has 0 fully saturated rings. The van der Waals surface area contributed by atoms with Crippen molar-refractivity contribution < 1.29 is 25.8 Å². The summed E-state index contributed by atoms with van der Waals surface area (Å²) in [5, 5.41) is 11.4. The van der Waals surface area contributed by atoms with E-state index in [1.165, 1.54) is 0 Å². The largest absolute Gasteiger partial charge is 0.534 e. The van der Waals surface area contributed by atoms with Gasteiger partial charge >= 0.3 is 15.6 Å². The SMILES string of the molecule is CC.CC.CN1CCc2[nH][nH]c(=O)c2C1.CN1CCc2[nH]nc(OS(=O)(=O)C(F)(F)F)c2C1. The second kappa shape index (κ2) is 12.2. The van der Waals surface area contributed by atoms with Gasteiger partial charge in [-0.1, -0.05) is 27.7 Å². The number of alkyl halides is 3. The molecule has 0 spiro atoms. The summed E-state index contributed by atoms with van der Waals surface area (Å²) in [6.45, 7) is 10.8. The monoisotopic (exact) mass is 498 g/mol. The van der Waals surface area contributed by atoms with E-state index in [0.29, 0.717) is 24.2 Å². The zero-order valence-corrected chi connectivity index (χ0v) is 20.6. The van der Waals surface area contributed by atoms with Crippen LogP contribution in [0, 0.1) is 0 Å². The Balaban J connectivity index is 0.000000310. The molecule has 2 aliphatic rings. The van der Waals surface area contributed by atoms with Crippen molar-refractivity contribution in [2.75, 3.05) is 27.2 Å². The third-order valence-corrected chi connectivity index (χ3v) is 5.64. The highest BCUT2D eigenvalue weighted by atomic mass is 32.2. The lowest BCUT2D eigenvalue weighted by Crippen LogP contribution is -2.30. The molecule has 0 radical (unpaired) electrons. The van der Waals surface area contributed by atoms with Crippen LogP contribution >= 0.6 is 0 Å².